The normalized spacial score (nSPS) is 25.2. The Labute approximate surface area is 139 Å². The van der Waals surface area contributed by atoms with Crippen LogP contribution in [0.4, 0.5) is 0 Å². The molecule has 1 amide bonds. The molecular weight excluding hydrogens is 294 g/mol. The molecule has 23 heavy (non-hydrogen) atoms. The Morgan fingerprint density at radius 2 is 1.83 bits per heavy atom. The van der Waals surface area contributed by atoms with E-state index in [4.69, 9.17) is 4.74 Å². The molecule has 0 unspecified atom stereocenters. The van der Waals surface area contributed by atoms with Crippen LogP contribution < -0.4 is 0 Å². The zero-order chi connectivity index (χ0) is 16.8. The van der Waals surface area contributed by atoms with Gasteiger partial charge in [-0.2, -0.15) is 0 Å². The van der Waals surface area contributed by atoms with Crippen LogP contribution in [0.5, 0.6) is 0 Å². The van der Waals surface area contributed by atoms with Crippen LogP contribution in [0.2, 0.25) is 0 Å². The summed E-state index contributed by atoms with van der Waals surface area (Å²) in [6.07, 6.45) is 1.82. The molecule has 2 saturated heterocycles. The lowest BCUT2D eigenvalue weighted by atomic mass is 9.96. The number of hydrogen-bond acceptors (Lipinski definition) is 5. The number of piperidine rings is 1. The molecule has 6 heteroatoms. The second kappa shape index (κ2) is 8.64. The van der Waals surface area contributed by atoms with Crippen LogP contribution in [0.1, 0.15) is 33.6 Å². The standard InChI is InChI=1S/C17H31N3O3/c1-4-18-9-11-19(12-10-18)16(21)14(3)20-8-6-7-15(13-20)17(22)23-5-2/h14-15H,4-13H2,1-3H3/t14-,15+/m1/s1. The number of carbonyl (C=O) groups is 2. The number of hydrogen-bond donors (Lipinski definition) is 0. The monoisotopic (exact) mass is 325 g/mol. The van der Waals surface area contributed by atoms with Crippen LogP contribution in [0.25, 0.3) is 0 Å². The average molecular weight is 325 g/mol. The first-order valence-electron chi connectivity index (χ1n) is 8.98. The smallest absolute Gasteiger partial charge is 0.310 e. The zero-order valence-corrected chi connectivity index (χ0v) is 14.8. The fraction of sp³-hybridized carbons (Fsp3) is 0.882. The van der Waals surface area contributed by atoms with Crippen LogP contribution in [-0.2, 0) is 14.3 Å². The Morgan fingerprint density at radius 1 is 1.13 bits per heavy atom. The van der Waals surface area contributed by atoms with Crippen molar-refractivity contribution in [2.75, 3.05) is 52.4 Å². The molecule has 2 fully saturated rings. The third-order valence-electron chi connectivity index (χ3n) is 5.11. The van der Waals surface area contributed by atoms with E-state index in [0.29, 0.717) is 13.2 Å². The van der Waals surface area contributed by atoms with Crippen molar-refractivity contribution < 1.29 is 14.3 Å². The van der Waals surface area contributed by atoms with E-state index in [-0.39, 0.29) is 23.8 Å². The molecule has 0 spiro atoms. The first-order valence-corrected chi connectivity index (χ1v) is 8.98. The summed E-state index contributed by atoms with van der Waals surface area (Å²) < 4.78 is 5.14. The number of rotatable bonds is 5. The van der Waals surface area contributed by atoms with Crippen molar-refractivity contribution in [1.82, 2.24) is 14.7 Å². The molecule has 0 aliphatic carbocycles. The third-order valence-corrected chi connectivity index (χ3v) is 5.11. The number of piperazine rings is 1. The van der Waals surface area contributed by atoms with Gasteiger partial charge in [-0.1, -0.05) is 6.92 Å². The Morgan fingerprint density at radius 3 is 2.43 bits per heavy atom. The summed E-state index contributed by atoms with van der Waals surface area (Å²) in [6.45, 7) is 12.5. The predicted molar refractivity (Wildman–Crippen MR) is 89.1 cm³/mol. The fourth-order valence-corrected chi connectivity index (χ4v) is 3.52. The number of carbonyl (C=O) groups excluding carboxylic acids is 2. The van der Waals surface area contributed by atoms with Crippen molar-refractivity contribution in [2.24, 2.45) is 5.92 Å². The second-order valence-corrected chi connectivity index (χ2v) is 6.52. The van der Waals surface area contributed by atoms with Crippen LogP contribution in [0.3, 0.4) is 0 Å². The summed E-state index contributed by atoms with van der Waals surface area (Å²) in [5.41, 5.74) is 0. The molecule has 2 heterocycles. The van der Waals surface area contributed by atoms with Gasteiger partial charge in [0.15, 0.2) is 0 Å². The highest BCUT2D eigenvalue weighted by Crippen LogP contribution is 2.21. The first kappa shape index (κ1) is 18.2. The van der Waals surface area contributed by atoms with Crippen LogP contribution >= 0.6 is 0 Å². The lowest BCUT2D eigenvalue weighted by molar-refractivity contribution is -0.152. The van der Waals surface area contributed by atoms with E-state index in [2.05, 4.69) is 16.7 Å². The van der Waals surface area contributed by atoms with Gasteiger partial charge in [-0.15, -0.1) is 0 Å². The number of amides is 1. The van der Waals surface area contributed by atoms with Crippen molar-refractivity contribution in [3.63, 3.8) is 0 Å². The summed E-state index contributed by atoms with van der Waals surface area (Å²) in [6, 6.07) is -0.152. The number of ether oxygens (including phenoxy) is 1. The molecule has 0 bridgehead atoms. The van der Waals surface area contributed by atoms with Gasteiger partial charge < -0.3 is 14.5 Å². The van der Waals surface area contributed by atoms with Gasteiger partial charge in [-0.3, -0.25) is 14.5 Å². The van der Waals surface area contributed by atoms with Crippen LogP contribution in [0.15, 0.2) is 0 Å². The average Bonchev–Trinajstić information content (AvgIpc) is 2.61. The van der Waals surface area contributed by atoms with Gasteiger partial charge in [0.1, 0.15) is 0 Å². The summed E-state index contributed by atoms with van der Waals surface area (Å²) in [4.78, 5) is 31.2. The number of likely N-dealkylation sites (N-methyl/N-ethyl adjacent to an activating group) is 1. The van der Waals surface area contributed by atoms with Crippen molar-refractivity contribution in [1.29, 1.82) is 0 Å². The van der Waals surface area contributed by atoms with Crippen molar-refractivity contribution in [3.8, 4) is 0 Å². The quantitative estimate of drug-likeness (QED) is 0.700. The van der Waals surface area contributed by atoms with E-state index in [0.717, 1.165) is 52.1 Å². The number of likely N-dealkylation sites (tertiary alicyclic amines) is 1. The summed E-state index contributed by atoms with van der Waals surface area (Å²) in [7, 11) is 0. The summed E-state index contributed by atoms with van der Waals surface area (Å²) >= 11 is 0. The highest BCUT2D eigenvalue weighted by atomic mass is 16.5. The lowest BCUT2D eigenvalue weighted by Gasteiger charge is -2.40. The van der Waals surface area contributed by atoms with Crippen molar-refractivity contribution in [3.05, 3.63) is 0 Å². The van der Waals surface area contributed by atoms with E-state index in [9.17, 15) is 9.59 Å². The summed E-state index contributed by atoms with van der Waals surface area (Å²) in [5, 5.41) is 0. The zero-order valence-electron chi connectivity index (χ0n) is 14.8. The Hall–Kier alpha value is -1.14. The molecule has 2 aliphatic heterocycles. The van der Waals surface area contributed by atoms with Gasteiger partial charge >= 0.3 is 5.97 Å². The van der Waals surface area contributed by atoms with Gasteiger partial charge in [-0.25, -0.2) is 0 Å². The van der Waals surface area contributed by atoms with Gasteiger partial charge in [0, 0.05) is 32.7 Å². The summed E-state index contributed by atoms with van der Waals surface area (Å²) in [5.74, 6) is -0.00504. The van der Waals surface area contributed by atoms with Crippen LogP contribution in [-0.4, -0.2) is 85.0 Å². The molecule has 0 aromatic rings. The minimum atomic E-state index is -0.152. The van der Waals surface area contributed by atoms with Gasteiger partial charge in [0.25, 0.3) is 0 Å². The molecule has 0 aromatic heterocycles. The van der Waals surface area contributed by atoms with E-state index < -0.39 is 0 Å². The molecule has 0 aromatic carbocycles. The third kappa shape index (κ3) is 4.67. The van der Waals surface area contributed by atoms with E-state index >= 15 is 0 Å². The molecule has 2 atom stereocenters. The second-order valence-electron chi connectivity index (χ2n) is 6.52. The minimum Gasteiger partial charge on any atom is -0.466 e. The van der Waals surface area contributed by atoms with E-state index in [1.807, 2.05) is 18.7 Å². The van der Waals surface area contributed by atoms with Crippen molar-refractivity contribution >= 4 is 11.9 Å². The molecule has 0 N–H and O–H groups in total. The minimum absolute atomic E-state index is 0.0871. The first-order chi connectivity index (χ1) is 11.1. The fourth-order valence-electron chi connectivity index (χ4n) is 3.52. The topological polar surface area (TPSA) is 53.1 Å². The van der Waals surface area contributed by atoms with Gasteiger partial charge in [0.2, 0.25) is 5.91 Å². The molecule has 0 saturated carbocycles. The molecular formula is C17H31N3O3. The number of nitrogens with zero attached hydrogens (tertiary/aromatic N) is 3. The van der Waals surface area contributed by atoms with Gasteiger partial charge in [-0.05, 0) is 39.8 Å². The SMILES string of the molecule is CCOC(=O)[C@H]1CCCN([C@H](C)C(=O)N2CCN(CC)CC2)C1. The highest BCUT2D eigenvalue weighted by molar-refractivity contribution is 5.82. The van der Waals surface area contributed by atoms with Crippen LogP contribution in [0, 0.1) is 5.92 Å². The highest BCUT2D eigenvalue weighted by Gasteiger charge is 2.33. The largest absolute Gasteiger partial charge is 0.466 e. The Bertz CT molecular complexity index is 408. The van der Waals surface area contributed by atoms with Gasteiger partial charge in [0.05, 0.1) is 18.6 Å². The molecule has 2 rings (SSSR count). The maximum Gasteiger partial charge on any atom is 0.310 e. The molecule has 6 nitrogen and oxygen atoms in total. The molecule has 2 aliphatic rings. The maximum atomic E-state index is 12.7. The predicted octanol–water partition coefficient (Wildman–Crippen LogP) is 0.814. The Kier molecular flexibility index (Phi) is 6.84. The lowest BCUT2D eigenvalue weighted by Crippen LogP contribution is -2.55. The maximum absolute atomic E-state index is 12.7. The molecule has 0 radical (unpaired) electrons. The van der Waals surface area contributed by atoms with E-state index in [1.54, 1.807) is 0 Å². The molecule has 132 valence electrons. The van der Waals surface area contributed by atoms with Crippen molar-refractivity contribution in [2.45, 2.75) is 39.7 Å². The number of esters is 1. The van der Waals surface area contributed by atoms with E-state index in [1.165, 1.54) is 0 Å². The Balaban J connectivity index is 1.87.